The number of nitrogens with zero attached hydrogens (tertiary/aromatic N) is 1. The molecule has 0 bridgehead atoms. The summed E-state index contributed by atoms with van der Waals surface area (Å²) in [5.41, 5.74) is -0.386. The van der Waals surface area contributed by atoms with E-state index in [9.17, 15) is 9.59 Å². The molecule has 0 fully saturated rings. The Bertz CT molecular complexity index is 410. The molecule has 1 atom stereocenters. The van der Waals surface area contributed by atoms with E-state index in [0.717, 1.165) is 18.2 Å². The van der Waals surface area contributed by atoms with Gasteiger partial charge in [-0.2, -0.15) is 0 Å². The van der Waals surface area contributed by atoms with E-state index in [-0.39, 0.29) is 11.1 Å². The number of halogens is 1. The quantitative estimate of drug-likeness (QED) is 0.825. The molecular formula is C10H15BrN2O2. The van der Waals surface area contributed by atoms with Gasteiger partial charge < -0.3 is 0 Å². The first kappa shape index (κ1) is 12.2. The van der Waals surface area contributed by atoms with Gasteiger partial charge >= 0.3 is 0 Å². The Labute approximate surface area is 96.4 Å². The summed E-state index contributed by atoms with van der Waals surface area (Å²) in [5, 5.41) is 3.48. The molecule has 1 rings (SSSR count). The topological polar surface area (TPSA) is 54.9 Å². The summed E-state index contributed by atoms with van der Waals surface area (Å²) in [6.07, 6.45) is 1.97. The second-order valence-corrected chi connectivity index (χ2v) is 4.46. The van der Waals surface area contributed by atoms with Gasteiger partial charge in [0.15, 0.2) is 0 Å². The van der Waals surface area contributed by atoms with E-state index in [2.05, 4.69) is 28.0 Å². The first-order chi connectivity index (χ1) is 7.13. The molecule has 0 amide bonds. The second-order valence-electron chi connectivity index (χ2n) is 3.67. The highest BCUT2D eigenvalue weighted by molar-refractivity contribution is 9.09. The van der Waals surface area contributed by atoms with Gasteiger partial charge in [-0.3, -0.25) is 19.4 Å². The third kappa shape index (κ3) is 4.03. The monoisotopic (exact) mass is 274 g/mol. The van der Waals surface area contributed by atoms with Gasteiger partial charge in [-0.25, -0.2) is 0 Å². The van der Waals surface area contributed by atoms with Gasteiger partial charge in [-0.15, -0.1) is 0 Å². The van der Waals surface area contributed by atoms with Crippen LogP contribution in [0, 0.1) is 5.92 Å². The minimum absolute atomic E-state index is 0.152. The molecule has 0 aliphatic rings. The summed E-state index contributed by atoms with van der Waals surface area (Å²) in [4.78, 5) is 22.3. The zero-order chi connectivity index (χ0) is 11.3. The highest BCUT2D eigenvalue weighted by atomic mass is 79.9. The Morgan fingerprint density at radius 3 is 2.80 bits per heavy atom. The van der Waals surface area contributed by atoms with Crippen LogP contribution >= 0.6 is 15.9 Å². The van der Waals surface area contributed by atoms with E-state index in [1.54, 1.807) is 0 Å². The van der Waals surface area contributed by atoms with Crippen LogP contribution in [0.2, 0.25) is 0 Å². The summed E-state index contributed by atoms with van der Waals surface area (Å²) in [6.45, 7) is 2.70. The van der Waals surface area contributed by atoms with Crippen molar-refractivity contribution in [2.24, 2.45) is 5.92 Å². The number of aromatic nitrogens is 2. The van der Waals surface area contributed by atoms with Crippen LogP contribution in [0.5, 0.6) is 0 Å². The Balaban J connectivity index is 2.61. The molecule has 0 aliphatic carbocycles. The van der Waals surface area contributed by atoms with Gasteiger partial charge in [0.2, 0.25) is 0 Å². The standard InChI is InChI=1S/C10H15BrN2O2/c1-8(4-6-11)5-7-13-10(15)3-2-9(14)12-13/h2-3,8H,4-7H2,1H3,(H,12,14). The average Bonchev–Trinajstić information content (AvgIpc) is 2.20. The van der Waals surface area contributed by atoms with Crippen LogP contribution in [0.25, 0.3) is 0 Å². The fraction of sp³-hybridized carbons (Fsp3) is 0.600. The summed E-state index contributed by atoms with van der Waals surface area (Å²) in [7, 11) is 0. The largest absolute Gasteiger partial charge is 0.268 e. The van der Waals surface area contributed by atoms with Crippen molar-refractivity contribution in [2.45, 2.75) is 26.3 Å². The first-order valence-corrected chi connectivity index (χ1v) is 6.11. The van der Waals surface area contributed by atoms with E-state index in [0.29, 0.717) is 12.5 Å². The maximum atomic E-state index is 11.3. The second kappa shape index (κ2) is 5.90. The zero-order valence-corrected chi connectivity index (χ0v) is 10.3. The normalized spacial score (nSPS) is 12.7. The van der Waals surface area contributed by atoms with Crippen molar-refractivity contribution >= 4 is 15.9 Å². The SMILES string of the molecule is CC(CCBr)CCn1[nH]c(=O)ccc1=O. The number of nitrogens with one attached hydrogen (secondary N) is 1. The van der Waals surface area contributed by atoms with E-state index in [4.69, 9.17) is 0 Å². The third-order valence-corrected chi connectivity index (χ3v) is 2.79. The predicted octanol–water partition coefficient (Wildman–Crippen LogP) is 1.35. The maximum absolute atomic E-state index is 11.3. The fourth-order valence-corrected chi connectivity index (χ4v) is 2.09. The lowest BCUT2D eigenvalue weighted by molar-refractivity contribution is 0.438. The van der Waals surface area contributed by atoms with Crippen molar-refractivity contribution in [3.8, 4) is 0 Å². The van der Waals surface area contributed by atoms with Gasteiger partial charge in [0, 0.05) is 24.0 Å². The number of aryl methyl sites for hydroxylation is 1. The summed E-state index contributed by atoms with van der Waals surface area (Å²) in [6, 6.07) is 2.55. The van der Waals surface area contributed by atoms with Crippen LogP contribution in [-0.4, -0.2) is 15.1 Å². The molecule has 0 aromatic carbocycles. The Morgan fingerprint density at radius 2 is 2.13 bits per heavy atom. The van der Waals surface area contributed by atoms with E-state index >= 15 is 0 Å². The van der Waals surface area contributed by atoms with Gasteiger partial charge in [0.1, 0.15) is 0 Å². The van der Waals surface area contributed by atoms with E-state index < -0.39 is 0 Å². The van der Waals surface area contributed by atoms with Crippen molar-refractivity contribution in [2.75, 3.05) is 5.33 Å². The van der Waals surface area contributed by atoms with Gasteiger partial charge in [-0.1, -0.05) is 22.9 Å². The molecule has 0 saturated heterocycles. The minimum Gasteiger partial charge on any atom is -0.268 e. The van der Waals surface area contributed by atoms with Crippen LogP contribution in [0.15, 0.2) is 21.7 Å². The number of alkyl halides is 1. The van der Waals surface area contributed by atoms with Crippen LogP contribution < -0.4 is 11.1 Å². The molecule has 5 heteroatoms. The molecular weight excluding hydrogens is 260 g/mol. The van der Waals surface area contributed by atoms with Crippen LogP contribution in [0.1, 0.15) is 19.8 Å². The molecule has 84 valence electrons. The molecule has 15 heavy (non-hydrogen) atoms. The summed E-state index contributed by atoms with van der Waals surface area (Å²) in [5.74, 6) is 0.542. The van der Waals surface area contributed by atoms with E-state index in [1.165, 1.54) is 16.8 Å². The Kier molecular flexibility index (Phi) is 4.81. The lowest BCUT2D eigenvalue weighted by Gasteiger charge is -2.10. The predicted molar refractivity (Wildman–Crippen MR) is 63.5 cm³/mol. The van der Waals surface area contributed by atoms with Crippen molar-refractivity contribution in [1.29, 1.82) is 0 Å². The molecule has 1 N–H and O–H groups in total. The summed E-state index contributed by atoms with van der Waals surface area (Å²) < 4.78 is 1.37. The molecule has 0 aliphatic heterocycles. The van der Waals surface area contributed by atoms with Crippen molar-refractivity contribution in [3.63, 3.8) is 0 Å². The molecule has 4 nitrogen and oxygen atoms in total. The van der Waals surface area contributed by atoms with Crippen molar-refractivity contribution in [1.82, 2.24) is 9.78 Å². The maximum Gasteiger partial charge on any atom is 0.265 e. The van der Waals surface area contributed by atoms with Gasteiger partial charge in [-0.05, 0) is 18.8 Å². The van der Waals surface area contributed by atoms with Crippen LogP contribution in [-0.2, 0) is 6.54 Å². The van der Waals surface area contributed by atoms with Crippen molar-refractivity contribution in [3.05, 3.63) is 32.8 Å². The van der Waals surface area contributed by atoms with Crippen molar-refractivity contribution < 1.29 is 0 Å². The Hall–Kier alpha value is -0.840. The van der Waals surface area contributed by atoms with E-state index in [1.807, 2.05) is 0 Å². The molecule has 0 spiro atoms. The molecule has 1 aromatic heterocycles. The number of hydrogen-bond donors (Lipinski definition) is 1. The highest BCUT2D eigenvalue weighted by Gasteiger charge is 2.02. The number of hydrogen-bond acceptors (Lipinski definition) is 2. The molecule has 1 unspecified atom stereocenters. The zero-order valence-electron chi connectivity index (χ0n) is 8.70. The van der Waals surface area contributed by atoms with Gasteiger partial charge in [0.25, 0.3) is 11.1 Å². The lowest BCUT2D eigenvalue weighted by atomic mass is 10.1. The third-order valence-electron chi connectivity index (χ3n) is 2.34. The smallest absolute Gasteiger partial charge is 0.265 e. The Morgan fingerprint density at radius 1 is 1.40 bits per heavy atom. The van der Waals surface area contributed by atoms with Gasteiger partial charge in [0.05, 0.1) is 0 Å². The van der Waals surface area contributed by atoms with Crippen LogP contribution in [0.4, 0.5) is 0 Å². The molecule has 0 radical (unpaired) electrons. The molecule has 1 heterocycles. The number of rotatable bonds is 5. The number of H-pyrrole nitrogens is 1. The fourth-order valence-electron chi connectivity index (χ4n) is 1.31. The minimum atomic E-state index is -0.234. The number of aromatic amines is 1. The summed E-state index contributed by atoms with van der Waals surface area (Å²) >= 11 is 3.38. The average molecular weight is 275 g/mol. The molecule has 1 aromatic rings. The molecule has 0 saturated carbocycles. The van der Waals surface area contributed by atoms with Crippen LogP contribution in [0.3, 0.4) is 0 Å². The first-order valence-electron chi connectivity index (χ1n) is 4.99. The highest BCUT2D eigenvalue weighted by Crippen LogP contribution is 2.09. The lowest BCUT2D eigenvalue weighted by Crippen LogP contribution is -2.28.